The van der Waals surface area contributed by atoms with Crippen molar-refractivity contribution in [3.8, 4) is 0 Å². The Morgan fingerprint density at radius 1 is 1.28 bits per heavy atom. The summed E-state index contributed by atoms with van der Waals surface area (Å²) in [7, 11) is 0. The molecule has 4 heteroatoms. The van der Waals surface area contributed by atoms with Gasteiger partial charge in [-0.15, -0.1) is 0 Å². The molecule has 0 spiro atoms. The highest BCUT2D eigenvalue weighted by Gasteiger charge is 2.11. The first-order chi connectivity index (χ1) is 8.70. The summed E-state index contributed by atoms with van der Waals surface area (Å²) in [6.07, 6.45) is 1.90. The summed E-state index contributed by atoms with van der Waals surface area (Å²) in [6.45, 7) is 1.96. The highest BCUT2D eigenvalue weighted by atomic mass is 35.5. The number of hydrogen-bond donors (Lipinski definition) is 1. The highest BCUT2D eigenvalue weighted by Crippen LogP contribution is 2.33. The number of benzene rings is 1. The molecule has 1 aromatic heterocycles. The van der Waals surface area contributed by atoms with Crippen LogP contribution in [-0.2, 0) is 0 Å². The Balaban J connectivity index is 2.26. The SMILES string of the molecule is CC[C@@H](O)c1ccccc1Sc1ccc(Cl)cn1. The van der Waals surface area contributed by atoms with Gasteiger partial charge in [0, 0.05) is 11.1 Å². The number of aliphatic hydroxyl groups is 1. The van der Waals surface area contributed by atoms with Gasteiger partial charge in [-0.3, -0.25) is 0 Å². The summed E-state index contributed by atoms with van der Waals surface area (Å²) in [6, 6.07) is 11.5. The fourth-order valence-electron chi connectivity index (χ4n) is 1.60. The van der Waals surface area contributed by atoms with Crippen LogP contribution in [0.25, 0.3) is 0 Å². The van der Waals surface area contributed by atoms with Crippen molar-refractivity contribution in [2.75, 3.05) is 0 Å². The van der Waals surface area contributed by atoms with Gasteiger partial charge in [0.2, 0.25) is 0 Å². The predicted molar refractivity (Wildman–Crippen MR) is 75.1 cm³/mol. The molecular weight excluding hydrogens is 266 g/mol. The molecule has 0 unspecified atom stereocenters. The Kier molecular flexibility index (Phi) is 4.64. The summed E-state index contributed by atoms with van der Waals surface area (Å²) < 4.78 is 0. The third-order valence-corrected chi connectivity index (χ3v) is 3.85. The number of aromatic nitrogens is 1. The monoisotopic (exact) mass is 279 g/mol. The van der Waals surface area contributed by atoms with Crippen molar-refractivity contribution in [3.63, 3.8) is 0 Å². The Bertz CT molecular complexity index is 515. The van der Waals surface area contributed by atoms with E-state index in [1.165, 1.54) is 11.8 Å². The summed E-state index contributed by atoms with van der Waals surface area (Å²) in [4.78, 5) is 5.28. The van der Waals surface area contributed by atoms with E-state index in [9.17, 15) is 5.11 Å². The molecule has 0 aliphatic carbocycles. The van der Waals surface area contributed by atoms with Crippen LogP contribution in [0.1, 0.15) is 25.0 Å². The van der Waals surface area contributed by atoms with Gasteiger partial charge in [0.15, 0.2) is 0 Å². The molecule has 0 fully saturated rings. The zero-order valence-electron chi connectivity index (χ0n) is 10.0. The minimum absolute atomic E-state index is 0.430. The zero-order valence-corrected chi connectivity index (χ0v) is 11.6. The maximum Gasteiger partial charge on any atom is 0.101 e. The van der Waals surface area contributed by atoms with E-state index >= 15 is 0 Å². The lowest BCUT2D eigenvalue weighted by molar-refractivity contribution is 0.171. The molecule has 94 valence electrons. The Hall–Kier alpha value is -1.03. The molecule has 0 bridgehead atoms. The van der Waals surface area contributed by atoms with Gasteiger partial charge in [-0.1, -0.05) is 48.5 Å². The van der Waals surface area contributed by atoms with Gasteiger partial charge in [0.1, 0.15) is 5.03 Å². The van der Waals surface area contributed by atoms with Gasteiger partial charge in [-0.2, -0.15) is 0 Å². The molecule has 0 saturated heterocycles. The van der Waals surface area contributed by atoms with Crippen LogP contribution in [0.4, 0.5) is 0 Å². The fourth-order valence-corrected chi connectivity index (χ4v) is 2.65. The molecular formula is C14H14ClNOS. The molecule has 0 amide bonds. The maximum absolute atomic E-state index is 9.98. The first kappa shape index (κ1) is 13.4. The topological polar surface area (TPSA) is 33.1 Å². The Morgan fingerprint density at radius 2 is 2.06 bits per heavy atom. The van der Waals surface area contributed by atoms with Crippen LogP contribution in [0.3, 0.4) is 0 Å². The molecule has 1 heterocycles. The summed E-state index contributed by atoms with van der Waals surface area (Å²) in [5.74, 6) is 0. The smallest absolute Gasteiger partial charge is 0.101 e. The molecule has 18 heavy (non-hydrogen) atoms. The van der Waals surface area contributed by atoms with Crippen LogP contribution in [0.15, 0.2) is 52.5 Å². The Labute approximate surface area is 116 Å². The first-order valence-electron chi connectivity index (χ1n) is 5.77. The average molecular weight is 280 g/mol. The van der Waals surface area contributed by atoms with Gasteiger partial charge in [-0.25, -0.2) is 4.98 Å². The molecule has 0 saturated carbocycles. The second kappa shape index (κ2) is 6.23. The number of aliphatic hydroxyl groups excluding tert-OH is 1. The van der Waals surface area contributed by atoms with E-state index in [-0.39, 0.29) is 0 Å². The van der Waals surface area contributed by atoms with Crippen LogP contribution >= 0.6 is 23.4 Å². The van der Waals surface area contributed by atoms with Crippen molar-refractivity contribution >= 4 is 23.4 Å². The summed E-state index contributed by atoms with van der Waals surface area (Å²) in [5.41, 5.74) is 0.946. The van der Waals surface area contributed by atoms with E-state index in [0.29, 0.717) is 11.4 Å². The standard InChI is InChI=1S/C14H14ClNOS/c1-2-12(17)11-5-3-4-6-13(11)18-14-8-7-10(15)9-16-14/h3-9,12,17H,2H2,1H3/t12-/m1/s1. The second-order valence-corrected chi connectivity index (χ2v) is 5.38. The number of rotatable bonds is 4. The van der Waals surface area contributed by atoms with Crippen LogP contribution < -0.4 is 0 Å². The van der Waals surface area contributed by atoms with Gasteiger partial charge < -0.3 is 5.11 Å². The molecule has 1 N–H and O–H groups in total. The summed E-state index contributed by atoms with van der Waals surface area (Å²) >= 11 is 7.34. The zero-order chi connectivity index (χ0) is 13.0. The van der Waals surface area contributed by atoms with Gasteiger partial charge in [-0.05, 0) is 30.2 Å². The summed E-state index contributed by atoms with van der Waals surface area (Å²) in [5, 5.41) is 11.5. The second-order valence-electron chi connectivity index (χ2n) is 3.88. The molecule has 2 rings (SSSR count). The molecule has 0 aliphatic rings. The van der Waals surface area contributed by atoms with Gasteiger partial charge in [0.05, 0.1) is 11.1 Å². The van der Waals surface area contributed by atoms with Crippen molar-refractivity contribution < 1.29 is 5.11 Å². The van der Waals surface area contributed by atoms with Gasteiger partial charge in [0.25, 0.3) is 0 Å². The third-order valence-electron chi connectivity index (χ3n) is 2.58. The maximum atomic E-state index is 9.98. The lowest BCUT2D eigenvalue weighted by Crippen LogP contribution is -1.97. The third kappa shape index (κ3) is 3.25. The lowest BCUT2D eigenvalue weighted by atomic mass is 10.1. The van der Waals surface area contributed by atoms with Crippen LogP contribution in [0.2, 0.25) is 5.02 Å². The number of nitrogens with zero attached hydrogens (tertiary/aromatic N) is 1. The van der Waals surface area contributed by atoms with Crippen molar-refractivity contribution in [1.29, 1.82) is 0 Å². The minimum Gasteiger partial charge on any atom is -0.388 e. The lowest BCUT2D eigenvalue weighted by Gasteiger charge is -2.13. The number of halogens is 1. The van der Waals surface area contributed by atoms with E-state index in [4.69, 9.17) is 11.6 Å². The molecule has 0 aliphatic heterocycles. The average Bonchev–Trinajstić information content (AvgIpc) is 2.41. The van der Waals surface area contributed by atoms with E-state index in [1.54, 1.807) is 6.20 Å². The van der Waals surface area contributed by atoms with Crippen molar-refractivity contribution in [1.82, 2.24) is 4.98 Å². The van der Waals surface area contributed by atoms with Crippen molar-refractivity contribution in [3.05, 3.63) is 53.2 Å². The molecule has 0 radical (unpaired) electrons. The van der Waals surface area contributed by atoms with Crippen LogP contribution in [0, 0.1) is 0 Å². The molecule has 2 aromatic rings. The normalized spacial score (nSPS) is 12.4. The molecule has 2 nitrogen and oxygen atoms in total. The molecule has 1 aromatic carbocycles. The minimum atomic E-state index is -0.430. The predicted octanol–water partition coefficient (Wildman–Crippen LogP) is 4.33. The van der Waals surface area contributed by atoms with E-state index < -0.39 is 6.10 Å². The van der Waals surface area contributed by atoms with Crippen molar-refractivity contribution in [2.24, 2.45) is 0 Å². The number of pyridine rings is 1. The van der Waals surface area contributed by atoms with Crippen LogP contribution in [0.5, 0.6) is 0 Å². The largest absolute Gasteiger partial charge is 0.388 e. The first-order valence-corrected chi connectivity index (χ1v) is 6.96. The van der Waals surface area contributed by atoms with Crippen LogP contribution in [-0.4, -0.2) is 10.1 Å². The highest BCUT2D eigenvalue weighted by molar-refractivity contribution is 7.99. The van der Waals surface area contributed by atoms with Crippen molar-refractivity contribution in [2.45, 2.75) is 29.4 Å². The quantitative estimate of drug-likeness (QED) is 0.904. The van der Waals surface area contributed by atoms with E-state index in [1.807, 2.05) is 43.3 Å². The van der Waals surface area contributed by atoms with E-state index in [2.05, 4.69) is 4.98 Å². The molecule has 1 atom stereocenters. The van der Waals surface area contributed by atoms with Gasteiger partial charge >= 0.3 is 0 Å². The number of hydrogen-bond acceptors (Lipinski definition) is 3. The Morgan fingerprint density at radius 3 is 2.72 bits per heavy atom. The van der Waals surface area contributed by atoms with E-state index in [0.717, 1.165) is 15.5 Å². The fraction of sp³-hybridized carbons (Fsp3) is 0.214.